The van der Waals surface area contributed by atoms with Gasteiger partial charge in [-0.25, -0.2) is 4.68 Å². The maximum absolute atomic E-state index is 12.7. The van der Waals surface area contributed by atoms with Gasteiger partial charge in [-0.15, -0.1) is 0 Å². The van der Waals surface area contributed by atoms with Crippen LogP contribution in [0, 0.1) is 25.2 Å². The van der Waals surface area contributed by atoms with Crippen LogP contribution in [-0.4, -0.2) is 32.8 Å². The standard InChI is InChI=1S/C21H20N4O3/c1-4-28-20(26)13-24-12-17(18-7-5-6-8-19(18)24)10-16(11-22)21(27)25-15(3)9-14(2)23-25/h5-10,12H,4,13H2,1-3H3/b16-10+. The number of aromatic nitrogens is 3. The molecule has 0 amide bonds. The second-order valence-electron chi connectivity index (χ2n) is 6.35. The van der Waals surface area contributed by atoms with Gasteiger partial charge in [0, 0.05) is 28.4 Å². The van der Waals surface area contributed by atoms with Crippen LogP contribution in [0.15, 0.2) is 42.1 Å². The number of fused-ring (bicyclic) bond motifs is 1. The summed E-state index contributed by atoms with van der Waals surface area (Å²) in [6, 6.07) is 11.2. The Morgan fingerprint density at radius 1 is 1.29 bits per heavy atom. The molecule has 0 saturated carbocycles. The first kappa shape index (κ1) is 19.1. The topological polar surface area (TPSA) is 89.9 Å². The summed E-state index contributed by atoms with van der Waals surface area (Å²) >= 11 is 0. The van der Waals surface area contributed by atoms with Crippen molar-refractivity contribution in [3.05, 3.63) is 59.1 Å². The average Bonchev–Trinajstić information content (AvgIpc) is 3.19. The quantitative estimate of drug-likeness (QED) is 0.387. The second kappa shape index (κ2) is 7.92. The number of benzene rings is 1. The summed E-state index contributed by atoms with van der Waals surface area (Å²) in [5.41, 5.74) is 2.82. The van der Waals surface area contributed by atoms with Crippen LogP contribution < -0.4 is 0 Å². The molecule has 7 heteroatoms. The lowest BCUT2D eigenvalue weighted by Crippen LogP contribution is -2.15. The Kier molecular flexibility index (Phi) is 5.41. The van der Waals surface area contributed by atoms with Crippen molar-refractivity contribution >= 4 is 28.9 Å². The van der Waals surface area contributed by atoms with Gasteiger partial charge in [0.2, 0.25) is 0 Å². The Morgan fingerprint density at radius 2 is 2.04 bits per heavy atom. The summed E-state index contributed by atoms with van der Waals surface area (Å²) in [4.78, 5) is 24.6. The smallest absolute Gasteiger partial charge is 0.325 e. The molecule has 142 valence electrons. The van der Waals surface area contributed by atoms with Crippen molar-refractivity contribution in [1.29, 1.82) is 5.26 Å². The predicted octanol–water partition coefficient (Wildman–Crippen LogP) is 3.27. The zero-order valence-electron chi connectivity index (χ0n) is 16.0. The normalized spacial score (nSPS) is 11.4. The van der Waals surface area contributed by atoms with E-state index >= 15 is 0 Å². The summed E-state index contributed by atoms with van der Waals surface area (Å²) < 4.78 is 8.00. The molecule has 28 heavy (non-hydrogen) atoms. The minimum absolute atomic E-state index is 0.0368. The minimum Gasteiger partial charge on any atom is -0.465 e. The third kappa shape index (κ3) is 3.71. The van der Waals surface area contributed by atoms with Gasteiger partial charge < -0.3 is 9.30 Å². The minimum atomic E-state index is -0.490. The van der Waals surface area contributed by atoms with Gasteiger partial charge >= 0.3 is 5.97 Å². The van der Waals surface area contributed by atoms with Crippen molar-refractivity contribution in [2.45, 2.75) is 27.3 Å². The number of nitrogens with zero attached hydrogens (tertiary/aromatic N) is 4. The van der Waals surface area contributed by atoms with Gasteiger partial charge in [0.15, 0.2) is 0 Å². The SMILES string of the molecule is CCOC(=O)Cn1cc(/C=C(\C#N)C(=O)n2nc(C)cc2C)c2ccccc21. The Balaban J connectivity index is 2.04. The highest BCUT2D eigenvalue weighted by Crippen LogP contribution is 2.24. The highest BCUT2D eigenvalue weighted by atomic mass is 16.5. The first-order valence-electron chi connectivity index (χ1n) is 8.87. The van der Waals surface area contributed by atoms with Crippen molar-refractivity contribution in [2.75, 3.05) is 6.61 Å². The fraction of sp³-hybridized carbons (Fsp3) is 0.238. The maximum atomic E-state index is 12.7. The van der Waals surface area contributed by atoms with E-state index in [1.54, 1.807) is 37.6 Å². The number of nitriles is 1. The Bertz CT molecular complexity index is 1130. The molecule has 0 spiro atoms. The van der Waals surface area contributed by atoms with E-state index in [0.29, 0.717) is 23.6 Å². The lowest BCUT2D eigenvalue weighted by molar-refractivity contribution is -0.143. The number of allylic oxidation sites excluding steroid dienone is 1. The second-order valence-corrected chi connectivity index (χ2v) is 6.35. The van der Waals surface area contributed by atoms with Crippen LogP contribution in [0.2, 0.25) is 0 Å². The highest BCUT2D eigenvalue weighted by molar-refractivity contribution is 6.05. The van der Waals surface area contributed by atoms with Crippen molar-refractivity contribution in [3.63, 3.8) is 0 Å². The molecule has 7 nitrogen and oxygen atoms in total. The molecular formula is C21H20N4O3. The molecule has 2 heterocycles. The third-order valence-electron chi connectivity index (χ3n) is 4.28. The van der Waals surface area contributed by atoms with Gasteiger partial charge in [-0.1, -0.05) is 18.2 Å². The van der Waals surface area contributed by atoms with E-state index in [1.165, 1.54) is 10.8 Å². The van der Waals surface area contributed by atoms with Crippen LogP contribution in [0.5, 0.6) is 0 Å². The van der Waals surface area contributed by atoms with Crippen LogP contribution in [0.25, 0.3) is 17.0 Å². The number of hydrogen-bond donors (Lipinski definition) is 0. The first-order valence-corrected chi connectivity index (χ1v) is 8.87. The summed E-state index contributed by atoms with van der Waals surface area (Å²) in [6.45, 7) is 5.66. The predicted molar refractivity (Wildman–Crippen MR) is 104 cm³/mol. The van der Waals surface area contributed by atoms with Gasteiger partial charge in [-0.2, -0.15) is 10.4 Å². The molecule has 0 aliphatic heterocycles. The monoisotopic (exact) mass is 376 g/mol. The van der Waals surface area contributed by atoms with Crippen LogP contribution >= 0.6 is 0 Å². The zero-order valence-corrected chi connectivity index (χ0v) is 16.0. The largest absolute Gasteiger partial charge is 0.465 e. The van der Waals surface area contributed by atoms with Crippen LogP contribution in [-0.2, 0) is 16.1 Å². The van der Waals surface area contributed by atoms with Gasteiger partial charge in [-0.05, 0) is 39.0 Å². The Labute approximate surface area is 162 Å². The molecule has 0 aliphatic carbocycles. The summed E-state index contributed by atoms with van der Waals surface area (Å²) in [5, 5.41) is 14.5. The van der Waals surface area contributed by atoms with E-state index < -0.39 is 5.91 Å². The molecule has 0 atom stereocenters. The van der Waals surface area contributed by atoms with Gasteiger partial charge in [0.25, 0.3) is 5.91 Å². The molecule has 0 saturated heterocycles. The molecule has 3 aromatic rings. The first-order chi connectivity index (χ1) is 13.4. The van der Waals surface area contributed by atoms with Crippen LogP contribution in [0.1, 0.15) is 28.7 Å². The van der Waals surface area contributed by atoms with Crippen LogP contribution in [0.4, 0.5) is 0 Å². The zero-order chi connectivity index (χ0) is 20.3. The molecule has 0 fully saturated rings. The lowest BCUT2D eigenvalue weighted by atomic mass is 10.1. The molecule has 0 bridgehead atoms. The molecule has 0 unspecified atom stereocenters. The number of carbonyl (C=O) groups excluding carboxylic acids is 2. The van der Waals surface area contributed by atoms with E-state index in [9.17, 15) is 14.9 Å². The number of esters is 1. The summed E-state index contributed by atoms with van der Waals surface area (Å²) in [7, 11) is 0. The van der Waals surface area contributed by atoms with Crippen LogP contribution in [0.3, 0.4) is 0 Å². The number of aryl methyl sites for hydroxylation is 2. The lowest BCUT2D eigenvalue weighted by Gasteiger charge is -2.04. The van der Waals surface area contributed by atoms with E-state index in [0.717, 1.165) is 10.9 Å². The number of para-hydroxylation sites is 1. The number of ether oxygens (including phenoxy) is 1. The van der Waals surface area contributed by atoms with E-state index in [1.807, 2.05) is 30.3 Å². The average molecular weight is 376 g/mol. The molecule has 3 rings (SSSR count). The number of hydrogen-bond acceptors (Lipinski definition) is 5. The fourth-order valence-corrected chi connectivity index (χ4v) is 3.11. The molecular weight excluding hydrogens is 356 g/mol. The number of carbonyl (C=O) groups is 2. The van der Waals surface area contributed by atoms with Gasteiger partial charge in [0.1, 0.15) is 18.2 Å². The highest BCUT2D eigenvalue weighted by Gasteiger charge is 2.17. The molecule has 1 aromatic carbocycles. The van der Waals surface area contributed by atoms with E-state index in [2.05, 4.69) is 5.10 Å². The van der Waals surface area contributed by atoms with Gasteiger partial charge in [-0.3, -0.25) is 9.59 Å². The van der Waals surface area contributed by atoms with Crippen molar-refractivity contribution in [3.8, 4) is 6.07 Å². The molecule has 2 aromatic heterocycles. The Morgan fingerprint density at radius 3 is 2.68 bits per heavy atom. The molecule has 0 aliphatic rings. The van der Waals surface area contributed by atoms with Crippen molar-refractivity contribution in [2.24, 2.45) is 0 Å². The van der Waals surface area contributed by atoms with Crippen molar-refractivity contribution < 1.29 is 14.3 Å². The fourth-order valence-electron chi connectivity index (χ4n) is 3.11. The van der Waals surface area contributed by atoms with E-state index in [-0.39, 0.29) is 18.1 Å². The third-order valence-corrected chi connectivity index (χ3v) is 4.28. The van der Waals surface area contributed by atoms with Crippen molar-refractivity contribution in [1.82, 2.24) is 14.3 Å². The summed E-state index contributed by atoms with van der Waals surface area (Å²) in [5.74, 6) is -0.840. The Hall–Kier alpha value is -3.66. The number of rotatable bonds is 5. The maximum Gasteiger partial charge on any atom is 0.325 e. The van der Waals surface area contributed by atoms with Gasteiger partial charge in [0.05, 0.1) is 12.3 Å². The summed E-state index contributed by atoms with van der Waals surface area (Å²) in [6.07, 6.45) is 3.27. The molecule has 0 N–H and O–H groups in total. The van der Waals surface area contributed by atoms with E-state index in [4.69, 9.17) is 4.74 Å². The molecule has 0 radical (unpaired) electrons.